The lowest BCUT2D eigenvalue weighted by molar-refractivity contribution is -0.942. The van der Waals surface area contributed by atoms with E-state index >= 15 is 0 Å². The Kier molecular flexibility index (Phi) is 4.60. The third kappa shape index (κ3) is 2.80. The molecule has 1 aromatic heterocycles. The second kappa shape index (κ2) is 6.80. The largest absolute Gasteiger partial charge is 0.656 e. The lowest BCUT2D eigenvalue weighted by Gasteiger charge is -2.53. The molecule has 27 heavy (non-hydrogen) atoms. The number of rotatable bonds is 3. The number of fused-ring (bicyclic) bond motifs is 5. The van der Waals surface area contributed by atoms with Crippen LogP contribution < -0.4 is 4.98 Å². The van der Waals surface area contributed by atoms with Crippen molar-refractivity contribution >= 4 is 16.9 Å². The van der Waals surface area contributed by atoms with Crippen molar-refractivity contribution in [1.82, 2.24) is 4.98 Å². The number of esters is 1. The number of hydrogen-bond donors (Lipinski definition) is 1. The molecule has 0 spiro atoms. The van der Waals surface area contributed by atoms with Gasteiger partial charge in [0.05, 0.1) is 39.3 Å². The lowest BCUT2D eigenvalue weighted by atomic mass is 9.74. The van der Waals surface area contributed by atoms with Gasteiger partial charge in [0, 0.05) is 18.8 Å². The molecule has 1 saturated heterocycles. The van der Waals surface area contributed by atoms with E-state index in [9.17, 15) is 9.90 Å². The molecular weight excluding hydrogens is 340 g/mol. The number of methoxy groups -OCH3 is 1. The number of piperidine rings is 1. The number of carbonyl (C=O) groups excluding carboxylic acids is 1. The van der Waals surface area contributed by atoms with E-state index in [2.05, 4.69) is 31.3 Å². The Balaban J connectivity index is 1.78. The van der Waals surface area contributed by atoms with Gasteiger partial charge >= 0.3 is 5.97 Å². The third-order valence-corrected chi connectivity index (χ3v) is 6.77. The van der Waals surface area contributed by atoms with Gasteiger partial charge in [-0.25, -0.2) is 0 Å². The number of allylic oxidation sites excluding steroid dienone is 1. The maximum Gasteiger partial charge on any atom is 0.311 e. The zero-order valence-electron chi connectivity index (χ0n) is 16.3. The molecule has 4 atom stereocenters. The summed E-state index contributed by atoms with van der Waals surface area (Å²) in [5.41, 5.74) is 4.87. The van der Waals surface area contributed by atoms with Crippen molar-refractivity contribution in [2.75, 3.05) is 33.9 Å². The molecule has 1 N–H and O–H groups in total. The van der Waals surface area contributed by atoms with Crippen LogP contribution in [0.5, 0.6) is 0 Å². The van der Waals surface area contributed by atoms with E-state index < -0.39 is 5.92 Å². The maximum absolute atomic E-state index is 12.3. The van der Waals surface area contributed by atoms with Gasteiger partial charge < -0.3 is 19.3 Å². The predicted octanol–water partition coefficient (Wildman–Crippen LogP) is 2.59. The molecule has 5 heteroatoms. The molecule has 5 nitrogen and oxygen atoms in total. The van der Waals surface area contributed by atoms with Gasteiger partial charge in [-0.3, -0.25) is 4.79 Å². The van der Waals surface area contributed by atoms with Gasteiger partial charge in [-0.15, -0.1) is 5.52 Å². The summed E-state index contributed by atoms with van der Waals surface area (Å²) in [6, 6.07) is 8.61. The van der Waals surface area contributed by atoms with Crippen LogP contribution in [0.1, 0.15) is 30.6 Å². The molecule has 0 aliphatic carbocycles. The Morgan fingerprint density at radius 2 is 2.22 bits per heavy atom. The Bertz CT molecular complexity index is 900. The van der Waals surface area contributed by atoms with Crippen LogP contribution in [0, 0.1) is 11.8 Å². The molecule has 2 aromatic rings. The van der Waals surface area contributed by atoms with E-state index in [0.717, 1.165) is 35.9 Å². The molecule has 1 aromatic carbocycles. The Morgan fingerprint density at radius 1 is 1.44 bits per heavy atom. The minimum atomic E-state index is -0.510. The highest BCUT2D eigenvalue weighted by Gasteiger charge is 2.47. The molecule has 2 aliphatic rings. The number of ether oxygens (including phenoxy) is 1. The molecule has 4 unspecified atom stereocenters. The first-order chi connectivity index (χ1) is 13.0. The van der Waals surface area contributed by atoms with Crippen molar-refractivity contribution in [3.05, 3.63) is 47.2 Å². The maximum atomic E-state index is 12.3. The van der Waals surface area contributed by atoms with Crippen molar-refractivity contribution in [3.63, 3.8) is 0 Å². The summed E-state index contributed by atoms with van der Waals surface area (Å²) in [7, 11) is 3.70. The Labute approximate surface area is 160 Å². The molecular formula is C22H28N2O3. The summed E-state index contributed by atoms with van der Waals surface area (Å²) in [6.45, 7) is 3.81. The fraction of sp³-hybridized carbons (Fsp3) is 0.500. The molecule has 144 valence electrons. The Hall–Kier alpha value is -2.11. The molecule has 1 fully saturated rings. The number of aliphatic hydroxyl groups excluding tert-OH is 1. The summed E-state index contributed by atoms with van der Waals surface area (Å²) >= 11 is 0. The fourth-order valence-corrected chi connectivity index (χ4v) is 5.25. The average Bonchev–Trinajstić information content (AvgIpc) is 3.06. The van der Waals surface area contributed by atoms with Gasteiger partial charge in [0.25, 0.3) is 0 Å². The second-order valence-corrected chi connectivity index (χ2v) is 8.14. The highest BCUT2D eigenvalue weighted by atomic mass is 16.5. The number of nitrogens with zero attached hydrogens (tertiary/aromatic N) is 2. The molecule has 0 amide bonds. The molecule has 4 rings (SSSR count). The van der Waals surface area contributed by atoms with Crippen LogP contribution >= 0.6 is 0 Å². The quantitative estimate of drug-likeness (QED) is 0.514. The topological polar surface area (TPSA) is 60.6 Å². The van der Waals surface area contributed by atoms with E-state index in [4.69, 9.17) is 9.72 Å². The molecule has 2 aliphatic heterocycles. The predicted molar refractivity (Wildman–Crippen MR) is 104 cm³/mol. The zero-order chi connectivity index (χ0) is 19.2. The summed E-state index contributed by atoms with van der Waals surface area (Å²) in [5, 5.41) is 11.2. The van der Waals surface area contributed by atoms with E-state index in [0.29, 0.717) is 0 Å². The number of benzene rings is 1. The second-order valence-electron chi connectivity index (χ2n) is 8.14. The number of aromatic nitrogens is 1. The van der Waals surface area contributed by atoms with Gasteiger partial charge in [0.1, 0.15) is 6.54 Å². The number of para-hydroxylation sites is 1. The van der Waals surface area contributed by atoms with Gasteiger partial charge in [-0.1, -0.05) is 36.0 Å². The third-order valence-electron chi connectivity index (χ3n) is 6.77. The first-order valence-electron chi connectivity index (χ1n) is 9.74. The van der Waals surface area contributed by atoms with Gasteiger partial charge in [-0.05, 0) is 23.4 Å². The van der Waals surface area contributed by atoms with E-state index in [-0.39, 0.29) is 24.5 Å². The van der Waals surface area contributed by atoms with Crippen molar-refractivity contribution in [1.29, 1.82) is 0 Å². The van der Waals surface area contributed by atoms with Crippen molar-refractivity contribution in [3.8, 4) is 0 Å². The van der Waals surface area contributed by atoms with Crippen molar-refractivity contribution in [2.24, 2.45) is 11.8 Å². The normalized spacial score (nSPS) is 30.0. The van der Waals surface area contributed by atoms with Crippen molar-refractivity contribution < 1.29 is 19.1 Å². The van der Waals surface area contributed by atoms with Crippen LogP contribution in [0.3, 0.4) is 0 Å². The van der Waals surface area contributed by atoms with E-state index in [1.54, 1.807) is 0 Å². The lowest BCUT2D eigenvalue weighted by Crippen LogP contribution is -2.57. The number of hydrogen-bond acceptors (Lipinski definition) is 3. The van der Waals surface area contributed by atoms with Gasteiger partial charge in [-0.2, -0.15) is 0 Å². The van der Waals surface area contributed by atoms with E-state index in [1.165, 1.54) is 29.3 Å². The smallest absolute Gasteiger partial charge is 0.311 e. The zero-order valence-corrected chi connectivity index (χ0v) is 16.3. The highest BCUT2D eigenvalue weighted by molar-refractivity contribution is 5.84. The number of aliphatic hydroxyl groups is 1. The molecule has 0 bridgehead atoms. The first-order valence-corrected chi connectivity index (χ1v) is 9.74. The molecule has 0 saturated carbocycles. The number of likely N-dealkylation sites (N-methyl/N-ethyl adjacent to an activating group) is 1. The van der Waals surface area contributed by atoms with Crippen LogP contribution in [-0.4, -0.2) is 49.4 Å². The number of carbonyl (C=O) groups is 1. The summed E-state index contributed by atoms with van der Waals surface area (Å²) < 4.78 is 5.90. The Morgan fingerprint density at radius 3 is 2.93 bits per heavy atom. The molecule has 0 radical (unpaired) electrons. The molecule has 3 heterocycles. The standard InChI is InChI=1S/C22H28N2O3/c1-4-14-12-24(2)10-9-16-15-7-5-6-8-19(15)23-21(16)20(24)11-17(14)18(13-25)22(26)27-3/h4-8,17-18,20,25H,9-13H2,1-3H3/b14-4+. The van der Waals surface area contributed by atoms with Crippen LogP contribution in [0.25, 0.3) is 10.9 Å². The highest BCUT2D eigenvalue weighted by Crippen LogP contribution is 2.48. The van der Waals surface area contributed by atoms with Crippen LogP contribution in [0.4, 0.5) is 0 Å². The minimum Gasteiger partial charge on any atom is -0.656 e. The van der Waals surface area contributed by atoms with Crippen LogP contribution in [0.15, 0.2) is 35.9 Å². The first kappa shape index (κ1) is 18.3. The SMILES string of the molecule is C/C=C1\C[N+]2(C)CCc3c([n-]c4ccccc34)C2CC1C(CO)C(=O)OC. The van der Waals surface area contributed by atoms with Gasteiger partial charge in [0.15, 0.2) is 0 Å². The van der Waals surface area contributed by atoms with Crippen molar-refractivity contribution in [2.45, 2.75) is 25.8 Å². The minimum absolute atomic E-state index is 0.00517. The number of quaternary nitrogens is 1. The fourth-order valence-electron chi connectivity index (χ4n) is 5.25. The average molecular weight is 368 g/mol. The summed E-state index contributed by atoms with van der Waals surface area (Å²) in [6.07, 6.45) is 3.97. The van der Waals surface area contributed by atoms with Gasteiger partial charge in [0.2, 0.25) is 0 Å². The van der Waals surface area contributed by atoms with Crippen LogP contribution in [-0.2, 0) is 16.0 Å². The summed E-state index contributed by atoms with van der Waals surface area (Å²) in [4.78, 5) is 17.3. The summed E-state index contributed by atoms with van der Waals surface area (Å²) in [5.74, 6) is -0.839. The monoisotopic (exact) mass is 368 g/mol. The van der Waals surface area contributed by atoms with E-state index in [1.807, 2.05) is 13.0 Å². The van der Waals surface area contributed by atoms with Crippen LogP contribution in [0.2, 0.25) is 0 Å².